The Balaban J connectivity index is 1.80. The molecular formula is C20H23Cl2N5. The van der Waals surface area contributed by atoms with Crippen molar-refractivity contribution in [3.05, 3.63) is 69.8 Å². The molecule has 0 aliphatic rings. The second-order valence-electron chi connectivity index (χ2n) is 6.26. The molecule has 142 valence electrons. The van der Waals surface area contributed by atoms with Gasteiger partial charge in [-0.1, -0.05) is 59.6 Å². The van der Waals surface area contributed by atoms with Crippen LogP contribution in [0.5, 0.6) is 0 Å². The highest BCUT2D eigenvalue weighted by Crippen LogP contribution is 2.23. The summed E-state index contributed by atoms with van der Waals surface area (Å²) >= 11 is 12.3. The first kappa shape index (κ1) is 19.8. The summed E-state index contributed by atoms with van der Waals surface area (Å²) < 4.78 is 0. The molecule has 0 amide bonds. The SMILES string of the molecule is CNCCCNCc1nn(Cc2ccc(Cl)cc2Cl)nc1-c1ccccc1. The van der Waals surface area contributed by atoms with E-state index in [-0.39, 0.29) is 0 Å². The summed E-state index contributed by atoms with van der Waals surface area (Å²) in [4.78, 5) is 1.70. The fourth-order valence-corrected chi connectivity index (χ4v) is 3.26. The van der Waals surface area contributed by atoms with Gasteiger partial charge >= 0.3 is 0 Å². The summed E-state index contributed by atoms with van der Waals surface area (Å²) in [7, 11) is 1.96. The van der Waals surface area contributed by atoms with Crippen molar-refractivity contribution in [2.45, 2.75) is 19.5 Å². The van der Waals surface area contributed by atoms with E-state index in [0.717, 1.165) is 42.0 Å². The predicted molar refractivity (Wildman–Crippen MR) is 111 cm³/mol. The van der Waals surface area contributed by atoms with Gasteiger partial charge in [-0.15, -0.1) is 0 Å². The van der Waals surface area contributed by atoms with E-state index in [4.69, 9.17) is 33.4 Å². The van der Waals surface area contributed by atoms with Crippen molar-refractivity contribution in [2.75, 3.05) is 20.1 Å². The molecule has 0 saturated carbocycles. The molecule has 1 heterocycles. The summed E-state index contributed by atoms with van der Waals surface area (Å²) in [5, 5.41) is 17.2. The number of nitrogens with one attached hydrogen (secondary N) is 2. The van der Waals surface area contributed by atoms with E-state index >= 15 is 0 Å². The third kappa shape index (κ3) is 5.53. The van der Waals surface area contributed by atoms with Gasteiger partial charge in [0.05, 0.1) is 6.54 Å². The van der Waals surface area contributed by atoms with E-state index in [1.165, 1.54) is 0 Å². The summed E-state index contributed by atoms with van der Waals surface area (Å²) in [5.74, 6) is 0. The van der Waals surface area contributed by atoms with Crippen LogP contribution in [0.3, 0.4) is 0 Å². The smallest absolute Gasteiger partial charge is 0.117 e. The Bertz CT molecular complexity index is 864. The van der Waals surface area contributed by atoms with Crippen molar-refractivity contribution in [3.8, 4) is 11.3 Å². The minimum atomic E-state index is 0.496. The molecule has 0 bridgehead atoms. The first-order valence-electron chi connectivity index (χ1n) is 8.96. The maximum atomic E-state index is 6.30. The molecule has 3 rings (SSSR count). The molecule has 1 aromatic heterocycles. The van der Waals surface area contributed by atoms with Crippen LogP contribution in [-0.2, 0) is 13.1 Å². The zero-order valence-corrected chi connectivity index (χ0v) is 16.8. The van der Waals surface area contributed by atoms with Gasteiger partial charge in [0, 0.05) is 22.2 Å². The quantitative estimate of drug-likeness (QED) is 0.530. The van der Waals surface area contributed by atoms with Crippen molar-refractivity contribution in [3.63, 3.8) is 0 Å². The van der Waals surface area contributed by atoms with Gasteiger partial charge in [0.2, 0.25) is 0 Å². The van der Waals surface area contributed by atoms with Crippen LogP contribution in [0.25, 0.3) is 11.3 Å². The van der Waals surface area contributed by atoms with E-state index < -0.39 is 0 Å². The third-order valence-corrected chi connectivity index (χ3v) is 4.76. The van der Waals surface area contributed by atoms with Crippen LogP contribution in [0, 0.1) is 0 Å². The lowest BCUT2D eigenvalue weighted by Crippen LogP contribution is -2.20. The standard InChI is InChI=1S/C20H23Cl2N5/c1-23-10-5-11-24-13-19-20(15-6-3-2-4-7-15)26-27(25-19)14-16-8-9-17(21)12-18(16)22/h2-4,6-9,12,23-24H,5,10-11,13-14H2,1H3. The zero-order valence-electron chi connectivity index (χ0n) is 15.3. The topological polar surface area (TPSA) is 54.8 Å². The van der Waals surface area contributed by atoms with E-state index in [1.54, 1.807) is 10.9 Å². The van der Waals surface area contributed by atoms with E-state index in [2.05, 4.69) is 10.6 Å². The molecule has 0 aliphatic carbocycles. The highest BCUT2D eigenvalue weighted by molar-refractivity contribution is 6.35. The van der Waals surface area contributed by atoms with Crippen LogP contribution in [0.15, 0.2) is 48.5 Å². The maximum Gasteiger partial charge on any atom is 0.117 e. The Morgan fingerprint density at radius 1 is 1.00 bits per heavy atom. The molecule has 2 aromatic carbocycles. The molecule has 5 nitrogen and oxygen atoms in total. The Hall–Kier alpha value is -1.92. The van der Waals surface area contributed by atoms with Crippen LogP contribution in [0.4, 0.5) is 0 Å². The van der Waals surface area contributed by atoms with E-state index in [1.807, 2.05) is 49.5 Å². The molecular weight excluding hydrogens is 381 g/mol. The molecule has 0 unspecified atom stereocenters. The van der Waals surface area contributed by atoms with Crippen LogP contribution in [-0.4, -0.2) is 35.1 Å². The number of hydrogen-bond donors (Lipinski definition) is 2. The summed E-state index contributed by atoms with van der Waals surface area (Å²) in [6.07, 6.45) is 1.06. The van der Waals surface area contributed by atoms with Crippen molar-refractivity contribution in [2.24, 2.45) is 0 Å². The van der Waals surface area contributed by atoms with Crippen molar-refractivity contribution < 1.29 is 0 Å². The normalized spacial score (nSPS) is 11.1. The van der Waals surface area contributed by atoms with Gasteiger partial charge in [0.1, 0.15) is 11.4 Å². The van der Waals surface area contributed by atoms with Gasteiger partial charge in [-0.3, -0.25) is 0 Å². The number of aromatic nitrogens is 3. The van der Waals surface area contributed by atoms with E-state index in [9.17, 15) is 0 Å². The monoisotopic (exact) mass is 403 g/mol. The number of rotatable bonds is 9. The van der Waals surface area contributed by atoms with Crippen LogP contribution >= 0.6 is 23.2 Å². The molecule has 0 saturated heterocycles. The fourth-order valence-electron chi connectivity index (χ4n) is 2.79. The first-order valence-corrected chi connectivity index (χ1v) is 9.71. The van der Waals surface area contributed by atoms with Gasteiger partial charge in [0.15, 0.2) is 0 Å². The zero-order chi connectivity index (χ0) is 19.1. The molecule has 27 heavy (non-hydrogen) atoms. The highest BCUT2D eigenvalue weighted by Gasteiger charge is 2.14. The lowest BCUT2D eigenvalue weighted by Gasteiger charge is -2.04. The number of benzene rings is 2. The molecule has 0 aliphatic heterocycles. The second-order valence-corrected chi connectivity index (χ2v) is 7.10. The third-order valence-electron chi connectivity index (χ3n) is 4.17. The molecule has 0 atom stereocenters. The largest absolute Gasteiger partial charge is 0.320 e. The van der Waals surface area contributed by atoms with Gasteiger partial charge in [-0.25, -0.2) is 0 Å². The molecule has 0 fully saturated rings. The van der Waals surface area contributed by atoms with Gasteiger partial charge in [-0.2, -0.15) is 15.0 Å². The number of nitrogens with zero attached hydrogens (tertiary/aromatic N) is 3. The Morgan fingerprint density at radius 3 is 2.56 bits per heavy atom. The van der Waals surface area contributed by atoms with Crippen LogP contribution in [0.2, 0.25) is 10.0 Å². The molecule has 3 aromatic rings. The molecule has 0 radical (unpaired) electrons. The first-order chi connectivity index (χ1) is 13.2. The van der Waals surface area contributed by atoms with Gasteiger partial charge in [-0.05, 0) is 44.3 Å². The maximum absolute atomic E-state index is 6.30. The Kier molecular flexibility index (Phi) is 7.24. The summed E-state index contributed by atoms with van der Waals surface area (Å²) in [6.45, 7) is 3.07. The minimum absolute atomic E-state index is 0.496. The average Bonchev–Trinajstić information content (AvgIpc) is 3.07. The van der Waals surface area contributed by atoms with Gasteiger partial charge in [0.25, 0.3) is 0 Å². The number of hydrogen-bond acceptors (Lipinski definition) is 4. The van der Waals surface area contributed by atoms with Crippen LogP contribution < -0.4 is 10.6 Å². The molecule has 2 N–H and O–H groups in total. The van der Waals surface area contributed by atoms with Crippen molar-refractivity contribution in [1.82, 2.24) is 25.6 Å². The van der Waals surface area contributed by atoms with Crippen molar-refractivity contribution in [1.29, 1.82) is 0 Å². The molecule has 7 heteroatoms. The second kappa shape index (κ2) is 9.85. The number of halogens is 2. The molecule has 0 spiro atoms. The average molecular weight is 404 g/mol. The lowest BCUT2D eigenvalue weighted by atomic mass is 10.1. The van der Waals surface area contributed by atoms with Crippen molar-refractivity contribution >= 4 is 23.2 Å². The van der Waals surface area contributed by atoms with Gasteiger partial charge < -0.3 is 10.6 Å². The van der Waals surface area contributed by atoms with E-state index in [0.29, 0.717) is 23.1 Å². The fraction of sp³-hybridized carbons (Fsp3) is 0.300. The minimum Gasteiger partial charge on any atom is -0.320 e. The lowest BCUT2D eigenvalue weighted by molar-refractivity contribution is 0.571. The summed E-state index contributed by atoms with van der Waals surface area (Å²) in [5.41, 5.74) is 3.81. The Morgan fingerprint density at radius 2 is 1.81 bits per heavy atom. The highest BCUT2D eigenvalue weighted by atomic mass is 35.5. The Labute approximate surface area is 169 Å². The predicted octanol–water partition coefficient (Wildman–Crippen LogP) is 4.00. The van der Waals surface area contributed by atoms with Crippen LogP contribution in [0.1, 0.15) is 17.7 Å². The summed E-state index contributed by atoms with van der Waals surface area (Å²) in [6, 6.07) is 15.6.